The zero-order chi connectivity index (χ0) is 18.8. The van der Waals surface area contributed by atoms with Crippen molar-refractivity contribution < 1.29 is 14.2 Å². The molecule has 1 heterocycles. The largest absolute Gasteiger partial charge is 0.493 e. The van der Waals surface area contributed by atoms with Gasteiger partial charge in [0.25, 0.3) is 0 Å². The van der Waals surface area contributed by atoms with E-state index in [0.29, 0.717) is 42.2 Å². The van der Waals surface area contributed by atoms with Gasteiger partial charge in [0.1, 0.15) is 0 Å². The Morgan fingerprint density at radius 1 is 1.15 bits per heavy atom. The van der Waals surface area contributed by atoms with Crippen LogP contribution in [0.2, 0.25) is 0 Å². The molecule has 0 aliphatic heterocycles. The molecule has 0 fully saturated rings. The molecule has 7 nitrogen and oxygen atoms in total. The number of guanidine groups is 1. The number of nitrogens with zero attached hydrogens (tertiary/aromatic N) is 2. The predicted octanol–water partition coefficient (Wildman–Crippen LogP) is 2.74. The summed E-state index contributed by atoms with van der Waals surface area (Å²) in [5, 5.41) is 6.30. The number of ether oxygens (including phenoxy) is 3. The first-order chi connectivity index (χ1) is 12.7. The lowest BCUT2D eigenvalue weighted by molar-refractivity contribution is 0.342. The van der Waals surface area contributed by atoms with Crippen molar-refractivity contribution in [2.75, 3.05) is 27.8 Å². The van der Waals surface area contributed by atoms with Crippen LogP contribution in [-0.4, -0.2) is 38.8 Å². The van der Waals surface area contributed by atoms with Gasteiger partial charge in [-0.2, -0.15) is 0 Å². The molecule has 0 aliphatic rings. The van der Waals surface area contributed by atoms with Gasteiger partial charge in [-0.15, -0.1) is 6.58 Å². The quantitative estimate of drug-likeness (QED) is 0.430. The van der Waals surface area contributed by atoms with E-state index in [1.807, 2.05) is 12.1 Å². The fourth-order valence-corrected chi connectivity index (χ4v) is 2.17. The SMILES string of the molecule is C=CCNC(=NC)NCc1ccc(Oc2c(OC)cccc2OC)nc1. The van der Waals surface area contributed by atoms with Crippen molar-refractivity contribution in [1.82, 2.24) is 15.6 Å². The lowest BCUT2D eigenvalue weighted by Gasteiger charge is -2.13. The second-order valence-electron chi connectivity index (χ2n) is 5.19. The lowest BCUT2D eigenvalue weighted by atomic mass is 10.3. The number of hydrogen-bond donors (Lipinski definition) is 2. The zero-order valence-electron chi connectivity index (χ0n) is 15.3. The molecular weight excluding hydrogens is 332 g/mol. The molecule has 0 saturated heterocycles. The summed E-state index contributed by atoms with van der Waals surface area (Å²) in [5.41, 5.74) is 0.992. The number of aromatic nitrogens is 1. The minimum Gasteiger partial charge on any atom is -0.493 e. The number of nitrogens with one attached hydrogen (secondary N) is 2. The van der Waals surface area contributed by atoms with Crippen LogP contribution in [0.25, 0.3) is 0 Å². The van der Waals surface area contributed by atoms with Crippen LogP contribution in [0.1, 0.15) is 5.56 Å². The number of pyridine rings is 1. The van der Waals surface area contributed by atoms with Crippen LogP contribution in [-0.2, 0) is 6.54 Å². The first-order valence-corrected chi connectivity index (χ1v) is 8.11. The number of para-hydroxylation sites is 1. The predicted molar refractivity (Wildman–Crippen MR) is 102 cm³/mol. The number of aliphatic imine (C=N–C) groups is 1. The zero-order valence-corrected chi connectivity index (χ0v) is 15.3. The Bertz CT molecular complexity index is 723. The van der Waals surface area contributed by atoms with Gasteiger partial charge in [-0.3, -0.25) is 4.99 Å². The lowest BCUT2D eigenvalue weighted by Crippen LogP contribution is -2.36. The van der Waals surface area contributed by atoms with Gasteiger partial charge in [-0.1, -0.05) is 18.2 Å². The first kappa shape index (κ1) is 19.1. The Kier molecular flexibility index (Phi) is 7.30. The molecule has 138 valence electrons. The molecule has 7 heteroatoms. The number of benzene rings is 1. The molecule has 1 aromatic heterocycles. The van der Waals surface area contributed by atoms with Gasteiger partial charge in [-0.25, -0.2) is 4.98 Å². The molecule has 0 aliphatic carbocycles. The summed E-state index contributed by atoms with van der Waals surface area (Å²) in [6.45, 7) is 4.90. The highest BCUT2D eigenvalue weighted by molar-refractivity contribution is 5.79. The Labute approximate surface area is 153 Å². The molecule has 26 heavy (non-hydrogen) atoms. The van der Waals surface area contributed by atoms with Crippen LogP contribution in [0.3, 0.4) is 0 Å². The van der Waals surface area contributed by atoms with E-state index in [9.17, 15) is 0 Å². The van der Waals surface area contributed by atoms with Crippen molar-refractivity contribution in [2.24, 2.45) is 4.99 Å². The second kappa shape index (κ2) is 9.93. The van der Waals surface area contributed by atoms with Gasteiger partial charge in [0.15, 0.2) is 17.5 Å². The summed E-state index contributed by atoms with van der Waals surface area (Å²) in [4.78, 5) is 8.47. The summed E-state index contributed by atoms with van der Waals surface area (Å²) in [6, 6.07) is 9.16. The molecule has 0 radical (unpaired) electrons. The van der Waals surface area contributed by atoms with Gasteiger partial charge in [0, 0.05) is 32.4 Å². The summed E-state index contributed by atoms with van der Waals surface area (Å²) in [7, 11) is 4.88. The monoisotopic (exact) mass is 356 g/mol. The van der Waals surface area contributed by atoms with Crippen LogP contribution in [0.5, 0.6) is 23.1 Å². The fourth-order valence-electron chi connectivity index (χ4n) is 2.17. The first-order valence-electron chi connectivity index (χ1n) is 8.11. The van der Waals surface area contributed by atoms with E-state index in [0.717, 1.165) is 5.56 Å². The van der Waals surface area contributed by atoms with Crippen molar-refractivity contribution in [3.05, 3.63) is 54.7 Å². The average molecular weight is 356 g/mol. The maximum absolute atomic E-state index is 5.85. The van der Waals surface area contributed by atoms with E-state index in [1.165, 1.54) is 0 Å². The van der Waals surface area contributed by atoms with E-state index in [2.05, 4.69) is 27.2 Å². The maximum Gasteiger partial charge on any atom is 0.219 e. The van der Waals surface area contributed by atoms with Crippen molar-refractivity contribution in [3.63, 3.8) is 0 Å². The molecule has 0 amide bonds. The third-order valence-corrected chi connectivity index (χ3v) is 3.48. The molecular formula is C19H24N4O3. The molecule has 0 atom stereocenters. The van der Waals surface area contributed by atoms with E-state index in [-0.39, 0.29) is 0 Å². The molecule has 2 N–H and O–H groups in total. The van der Waals surface area contributed by atoms with Crippen molar-refractivity contribution >= 4 is 5.96 Å². The van der Waals surface area contributed by atoms with Gasteiger partial charge in [0.05, 0.1) is 14.2 Å². The van der Waals surface area contributed by atoms with E-state index in [1.54, 1.807) is 51.7 Å². The molecule has 0 unspecified atom stereocenters. The van der Waals surface area contributed by atoms with Crippen molar-refractivity contribution in [1.29, 1.82) is 0 Å². The average Bonchev–Trinajstić information content (AvgIpc) is 2.69. The van der Waals surface area contributed by atoms with Crippen LogP contribution >= 0.6 is 0 Å². The van der Waals surface area contributed by atoms with Crippen LogP contribution in [0.4, 0.5) is 0 Å². The highest BCUT2D eigenvalue weighted by Gasteiger charge is 2.13. The van der Waals surface area contributed by atoms with Gasteiger partial charge < -0.3 is 24.8 Å². The van der Waals surface area contributed by atoms with E-state index in [4.69, 9.17) is 14.2 Å². The van der Waals surface area contributed by atoms with Gasteiger partial charge in [-0.05, 0) is 17.7 Å². The minimum absolute atomic E-state index is 0.450. The Balaban J connectivity index is 2.03. The van der Waals surface area contributed by atoms with Crippen molar-refractivity contribution in [3.8, 4) is 23.1 Å². The topological polar surface area (TPSA) is 77.0 Å². The second-order valence-corrected chi connectivity index (χ2v) is 5.19. The number of methoxy groups -OCH3 is 2. The minimum atomic E-state index is 0.450. The van der Waals surface area contributed by atoms with Crippen LogP contribution < -0.4 is 24.8 Å². The third kappa shape index (κ3) is 5.14. The fraction of sp³-hybridized carbons (Fsp3) is 0.263. The number of hydrogen-bond acceptors (Lipinski definition) is 5. The van der Waals surface area contributed by atoms with Crippen LogP contribution in [0.15, 0.2) is 54.2 Å². The van der Waals surface area contributed by atoms with E-state index >= 15 is 0 Å². The summed E-state index contributed by atoms with van der Waals surface area (Å²) in [5.74, 6) is 2.79. The van der Waals surface area contributed by atoms with Gasteiger partial charge in [0.2, 0.25) is 11.6 Å². The summed E-state index contributed by atoms with van der Waals surface area (Å²) >= 11 is 0. The normalized spacial score (nSPS) is 10.8. The highest BCUT2D eigenvalue weighted by atomic mass is 16.5. The Morgan fingerprint density at radius 3 is 2.42 bits per heavy atom. The molecule has 0 bridgehead atoms. The highest BCUT2D eigenvalue weighted by Crippen LogP contribution is 2.39. The van der Waals surface area contributed by atoms with Crippen molar-refractivity contribution in [2.45, 2.75) is 6.54 Å². The standard InChI is InChI=1S/C19H24N4O3/c1-5-11-21-19(20-2)23-13-14-9-10-17(22-12-14)26-18-15(24-3)7-6-8-16(18)25-4/h5-10,12H,1,11,13H2,2-4H3,(H2,20,21,23). The Hall–Kier alpha value is -3.22. The third-order valence-electron chi connectivity index (χ3n) is 3.48. The molecule has 1 aromatic carbocycles. The molecule has 2 rings (SSSR count). The summed E-state index contributed by atoms with van der Waals surface area (Å²) < 4.78 is 16.5. The summed E-state index contributed by atoms with van der Waals surface area (Å²) in [6.07, 6.45) is 3.51. The van der Waals surface area contributed by atoms with Crippen LogP contribution in [0, 0.1) is 0 Å². The van der Waals surface area contributed by atoms with E-state index < -0.39 is 0 Å². The van der Waals surface area contributed by atoms with Gasteiger partial charge >= 0.3 is 0 Å². The smallest absolute Gasteiger partial charge is 0.219 e. The Morgan fingerprint density at radius 2 is 1.88 bits per heavy atom. The number of rotatable bonds is 8. The molecule has 2 aromatic rings. The molecule has 0 spiro atoms. The molecule has 0 saturated carbocycles. The maximum atomic E-state index is 5.85.